The number of nitrogens with two attached hydrogens (primary N) is 2. The third-order valence-electron chi connectivity index (χ3n) is 4.25. The third kappa shape index (κ3) is 7.86. The van der Waals surface area contributed by atoms with E-state index in [-0.39, 0.29) is 35.6 Å². The molecule has 0 saturated heterocycles. The molecule has 1 saturated carbocycles. The predicted molar refractivity (Wildman–Crippen MR) is 112 cm³/mol. The van der Waals surface area contributed by atoms with Crippen LogP contribution < -0.4 is 21.6 Å². The molecule has 0 atom stereocenters. The van der Waals surface area contributed by atoms with E-state index in [1.165, 1.54) is 34.0 Å². The summed E-state index contributed by atoms with van der Waals surface area (Å²) in [5.74, 6) is 5.69. The van der Waals surface area contributed by atoms with Crippen molar-refractivity contribution in [2.24, 2.45) is 11.6 Å². The molecule has 0 unspecified atom stereocenters. The number of Topliss-reactive ketones (excluding diaryl/α,β-unsaturated/α-hetero) is 1. The fraction of sp³-hybridized carbons (Fsp3) is 0.550. The zero-order valence-electron chi connectivity index (χ0n) is 18.3. The Morgan fingerprint density at radius 3 is 2.40 bits per heavy atom. The van der Waals surface area contributed by atoms with Crippen LogP contribution in [-0.2, 0) is 9.53 Å². The van der Waals surface area contributed by atoms with Crippen LogP contribution >= 0.6 is 0 Å². The molecule has 1 aliphatic carbocycles. The van der Waals surface area contributed by atoms with E-state index in [9.17, 15) is 14.0 Å². The quantitative estimate of drug-likeness (QED) is 0.467. The monoisotopic (exact) mass is 425 g/mol. The number of pyridine rings is 1. The Kier molecular flexibility index (Phi) is 10.0. The van der Waals surface area contributed by atoms with Gasteiger partial charge in [-0.2, -0.15) is 0 Å². The lowest BCUT2D eigenvalue weighted by Gasteiger charge is -2.20. The molecule has 10 heteroatoms. The van der Waals surface area contributed by atoms with Gasteiger partial charge in [0.25, 0.3) is 0 Å². The molecular formula is C20H32FN5O4. The fourth-order valence-electron chi connectivity index (χ4n) is 2.77. The van der Waals surface area contributed by atoms with Crippen molar-refractivity contribution in [2.75, 3.05) is 20.7 Å². The number of hydrazine groups is 1. The van der Waals surface area contributed by atoms with Gasteiger partial charge >= 0.3 is 6.09 Å². The second kappa shape index (κ2) is 12.0. The van der Waals surface area contributed by atoms with Gasteiger partial charge in [-0.3, -0.25) is 0 Å². The molecule has 9 nitrogen and oxygen atoms in total. The van der Waals surface area contributed by atoms with E-state index in [1.807, 2.05) is 0 Å². The lowest BCUT2D eigenvalue weighted by molar-refractivity contribution is -0.115. The van der Waals surface area contributed by atoms with Crippen molar-refractivity contribution >= 4 is 17.6 Å². The van der Waals surface area contributed by atoms with Crippen LogP contribution in [0.15, 0.2) is 11.8 Å². The first-order valence-corrected chi connectivity index (χ1v) is 9.69. The van der Waals surface area contributed by atoms with Crippen LogP contribution in [0, 0.1) is 12.7 Å². The molecule has 5 N–H and O–H groups in total. The number of amides is 1. The van der Waals surface area contributed by atoms with Crippen LogP contribution in [-0.4, -0.2) is 48.7 Å². The normalized spacial score (nSPS) is 14.2. The van der Waals surface area contributed by atoms with Crippen molar-refractivity contribution in [3.05, 3.63) is 29.0 Å². The van der Waals surface area contributed by atoms with Crippen LogP contribution in [0.1, 0.15) is 50.9 Å². The molecule has 1 aliphatic rings. The molecule has 30 heavy (non-hydrogen) atoms. The van der Waals surface area contributed by atoms with Gasteiger partial charge in [-0.05, 0) is 46.5 Å². The summed E-state index contributed by atoms with van der Waals surface area (Å²) < 4.78 is 25.4. The number of nitrogens with zero attached hydrogens (tertiary/aromatic N) is 2. The second-order valence-corrected chi connectivity index (χ2v) is 7.13. The largest absolute Gasteiger partial charge is 0.488 e. The number of aromatic nitrogens is 1. The summed E-state index contributed by atoms with van der Waals surface area (Å²) in [6.45, 7) is 4.56. The average Bonchev–Trinajstić information content (AvgIpc) is 3.16. The molecule has 0 aromatic carbocycles. The molecule has 0 bridgehead atoms. The highest BCUT2D eigenvalue weighted by Crippen LogP contribution is 2.28. The van der Waals surface area contributed by atoms with E-state index in [0.717, 1.165) is 30.7 Å². The van der Waals surface area contributed by atoms with Crippen molar-refractivity contribution in [1.82, 2.24) is 15.3 Å². The fourth-order valence-corrected chi connectivity index (χ4v) is 2.77. The molecule has 0 spiro atoms. The maximum Gasteiger partial charge on any atom is 0.407 e. The first-order valence-electron chi connectivity index (χ1n) is 9.69. The van der Waals surface area contributed by atoms with E-state index in [0.29, 0.717) is 11.4 Å². The summed E-state index contributed by atoms with van der Waals surface area (Å²) in [6.07, 6.45) is 3.60. The van der Waals surface area contributed by atoms with Gasteiger partial charge in [-0.1, -0.05) is 0 Å². The predicted octanol–water partition coefficient (Wildman–Crippen LogP) is 2.23. The van der Waals surface area contributed by atoms with Crippen molar-refractivity contribution < 1.29 is 23.5 Å². The molecule has 2 rings (SSSR count). The second-order valence-electron chi connectivity index (χ2n) is 7.13. The number of hydrogen-bond donors (Lipinski definition) is 3. The molecule has 0 radical (unpaired) electrons. The highest BCUT2D eigenvalue weighted by Gasteiger charge is 2.21. The molecule has 1 amide bonds. The number of aryl methyl sites for hydroxylation is 1. The summed E-state index contributed by atoms with van der Waals surface area (Å²) in [4.78, 5) is 25.0. The number of hydrogen-bond acceptors (Lipinski definition) is 8. The molecular weight excluding hydrogens is 393 g/mol. The van der Waals surface area contributed by atoms with Crippen LogP contribution in [0.3, 0.4) is 0 Å². The van der Waals surface area contributed by atoms with E-state index in [1.54, 1.807) is 6.92 Å². The summed E-state index contributed by atoms with van der Waals surface area (Å²) >= 11 is 0. The zero-order chi connectivity index (χ0) is 22.8. The smallest absolute Gasteiger partial charge is 0.407 e. The molecule has 1 heterocycles. The van der Waals surface area contributed by atoms with Crippen molar-refractivity contribution in [2.45, 2.75) is 52.6 Å². The van der Waals surface area contributed by atoms with E-state index >= 15 is 0 Å². The summed E-state index contributed by atoms with van der Waals surface area (Å²) in [7, 11) is 2.94. The Bertz CT molecular complexity index is 773. The Morgan fingerprint density at radius 1 is 1.33 bits per heavy atom. The van der Waals surface area contributed by atoms with Crippen molar-refractivity contribution in [3.63, 3.8) is 0 Å². The Morgan fingerprint density at radius 2 is 1.90 bits per heavy atom. The molecule has 1 aromatic heterocycles. The van der Waals surface area contributed by atoms with Gasteiger partial charge in [0.15, 0.2) is 5.82 Å². The Hall–Kier alpha value is -2.88. The number of ketones is 1. The summed E-state index contributed by atoms with van der Waals surface area (Å²) in [5, 5.41) is 3.47. The average molecular weight is 426 g/mol. The molecule has 1 fully saturated rings. The highest BCUT2D eigenvalue weighted by atomic mass is 19.1. The van der Waals surface area contributed by atoms with E-state index in [2.05, 4.69) is 10.3 Å². The SMILES string of the molecule is CC(C)=O.CNC(=O)OC/C(=C(/N)c1nc(C)c(OC2CCCC2)cc1F)N(C)N. The van der Waals surface area contributed by atoms with Crippen LogP contribution in [0.4, 0.5) is 9.18 Å². The number of likely N-dealkylation sites (N-methyl/N-ethyl adjacent to an activating group) is 1. The minimum atomic E-state index is -0.651. The van der Waals surface area contributed by atoms with Gasteiger partial charge in [0.2, 0.25) is 0 Å². The third-order valence-corrected chi connectivity index (χ3v) is 4.25. The lowest BCUT2D eigenvalue weighted by atomic mass is 10.2. The minimum Gasteiger partial charge on any atom is -0.488 e. The van der Waals surface area contributed by atoms with E-state index < -0.39 is 11.9 Å². The first kappa shape index (κ1) is 25.2. The minimum absolute atomic E-state index is 0.00748. The molecule has 168 valence electrons. The number of halogens is 1. The first-order chi connectivity index (χ1) is 14.1. The standard InChI is InChI=1S/C17H26FN5O3.C3H6O/c1-10-14(26-11-6-4-5-7-11)8-12(18)16(22-10)15(19)13(23(3)20)9-25-17(24)21-2;1-3(2)4/h8,11H,4-7,9,19-20H2,1-3H3,(H,21,24);1-2H3/b15-13-;. The highest BCUT2D eigenvalue weighted by molar-refractivity contribution is 5.72. The zero-order valence-corrected chi connectivity index (χ0v) is 18.3. The van der Waals surface area contributed by atoms with Gasteiger partial charge in [-0.15, -0.1) is 0 Å². The number of carbonyl (C=O) groups excluding carboxylic acids is 2. The number of carbonyl (C=O) groups is 2. The van der Waals surface area contributed by atoms with Crippen molar-refractivity contribution in [3.8, 4) is 5.75 Å². The maximum atomic E-state index is 14.6. The van der Waals surface area contributed by atoms with Gasteiger partial charge in [0, 0.05) is 20.2 Å². The maximum absolute atomic E-state index is 14.6. The van der Waals surface area contributed by atoms with Crippen LogP contribution in [0.5, 0.6) is 5.75 Å². The number of nitrogens with one attached hydrogen (secondary N) is 1. The van der Waals surface area contributed by atoms with E-state index in [4.69, 9.17) is 21.1 Å². The summed E-state index contributed by atoms with van der Waals surface area (Å²) in [6, 6.07) is 1.29. The van der Waals surface area contributed by atoms with Gasteiger partial charge in [0.1, 0.15) is 23.8 Å². The van der Waals surface area contributed by atoms with Gasteiger partial charge in [-0.25, -0.2) is 20.0 Å². The topological polar surface area (TPSA) is 133 Å². The Labute approximate surface area is 176 Å². The number of alkyl carbamates (subject to hydrolysis) is 1. The van der Waals surface area contributed by atoms with Crippen LogP contribution in [0.25, 0.3) is 5.70 Å². The molecule has 0 aliphatic heterocycles. The van der Waals surface area contributed by atoms with Crippen LogP contribution in [0.2, 0.25) is 0 Å². The number of rotatable bonds is 6. The summed E-state index contributed by atoms with van der Waals surface area (Å²) in [5.41, 5.74) is 6.74. The van der Waals surface area contributed by atoms with Gasteiger partial charge < -0.3 is 30.3 Å². The molecule has 1 aromatic rings. The lowest BCUT2D eigenvalue weighted by Crippen LogP contribution is -2.32. The van der Waals surface area contributed by atoms with Crippen molar-refractivity contribution in [1.29, 1.82) is 0 Å². The van der Waals surface area contributed by atoms with Gasteiger partial charge in [0.05, 0.1) is 23.2 Å². The number of ether oxygens (including phenoxy) is 2. The Balaban J connectivity index is 0.00000103.